The summed E-state index contributed by atoms with van der Waals surface area (Å²) in [5.41, 5.74) is 0.967. The minimum absolute atomic E-state index is 0.495. The highest BCUT2D eigenvalue weighted by Crippen LogP contribution is 2.03. The molecule has 0 aliphatic carbocycles. The molecule has 2 aromatic rings. The first-order valence-corrected chi connectivity index (χ1v) is 52.7. The zero-order valence-electron chi connectivity index (χ0n) is 85.1. The van der Waals surface area contributed by atoms with Crippen LogP contribution in [0.4, 0.5) is 11.5 Å². The van der Waals surface area contributed by atoms with E-state index in [0.717, 1.165) is 215 Å². The molecule has 0 atom stereocenters. The maximum Gasteiger partial charge on any atom is 0.171 e. The molecule has 131 heavy (non-hydrogen) atoms. The Morgan fingerprint density at radius 2 is 0.595 bits per heavy atom. The number of hydrogen-bond acceptors (Lipinski definition) is 15. The molecule has 0 saturated heterocycles. The number of hydrogen-bond donors (Lipinski definition) is 24. The molecule has 766 valence electrons. The maximum atomic E-state index is 5.11. The molecular formula is C92H190N26OS12. The Morgan fingerprint density at radius 3 is 0.878 bits per heavy atom. The average molecular weight is 2060 g/mol. The Bertz CT molecular complexity index is 2740. The van der Waals surface area contributed by atoms with E-state index >= 15 is 0 Å². The number of pyridine rings is 2. The zero-order valence-corrected chi connectivity index (χ0v) is 94.9. The first-order chi connectivity index (χ1) is 63.1. The summed E-state index contributed by atoms with van der Waals surface area (Å²) in [6.45, 7) is 62.8. The molecule has 0 aliphatic heterocycles. The van der Waals surface area contributed by atoms with Gasteiger partial charge in [-0.1, -0.05) is 200 Å². The van der Waals surface area contributed by atoms with E-state index in [0.29, 0.717) is 39.7 Å². The van der Waals surface area contributed by atoms with E-state index < -0.39 is 0 Å². The van der Waals surface area contributed by atoms with E-state index in [9.17, 15) is 0 Å². The molecule has 24 N–H and O–H groups in total. The minimum atomic E-state index is 0.495. The zero-order chi connectivity index (χ0) is 101. The van der Waals surface area contributed by atoms with E-state index in [4.69, 9.17) is 151 Å². The predicted octanol–water partition coefficient (Wildman–Crippen LogP) is 17.2. The number of thiocarbonyl (C=S) groups is 12. The summed E-state index contributed by atoms with van der Waals surface area (Å²) >= 11 is 59.5. The summed E-state index contributed by atoms with van der Waals surface area (Å²) in [5.74, 6) is 1.43. The van der Waals surface area contributed by atoms with Crippen LogP contribution in [0, 0.1) is 5.92 Å². The van der Waals surface area contributed by atoms with Crippen LogP contribution in [0.2, 0.25) is 0 Å². The predicted molar refractivity (Wildman–Crippen MR) is 629 cm³/mol. The van der Waals surface area contributed by atoms with Crippen LogP contribution in [0.5, 0.6) is 0 Å². The van der Waals surface area contributed by atoms with Crippen molar-refractivity contribution in [2.24, 2.45) is 5.92 Å². The van der Waals surface area contributed by atoms with Gasteiger partial charge >= 0.3 is 0 Å². The average Bonchev–Trinajstić information content (AvgIpc) is 0.944. The van der Waals surface area contributed by atoms with Crippen LogP contribution in [0.25, 0.3) is 0 Å². The molecule has 27 nitrogen and oxygen atoms in total. The SMILES string of the molecule is C=CCNC(=S)NCCCC.C=CNC(=S)NCCCC.CCCCNC(=S)NC.CCCCNC(=S)NCC.CCCCNC(=S)NCC(C)C.CCCCNC(=S)NCCC.CCCCNC(=S)NCCCC.CCCCNC(=S)NCOCC.CCCCNC(=S)Nc1ccccn1.CCCCNC(=S)Nc1ccncc1.CCCNC(=S)NC.CCCNC(=S)NC. The number of nitrogens with one attached hydrogen (secondary N) is 24. The lowest BCUT2D eigenvalue weighted by Gasteiger charge is -2.11. The van der Waals surface area contributed by atoms with Gasteiger partial charge in [-0.3, -0.25) is 4.98 Å². The van der Waals surface area contributed by atoms with Gasteiger partial charge in [0.25, 0.3) is 0 Å². The number of aromatic nitrogens is 2. The van der Waals surface area contributed by atoms with E-state index in [1.165, 1.54) is 109 Å². The Kier molecular flexibility index (Phi) is 145. The molecule has 0 aromatic carbocycles. The number of rotatable bonds is 50. The topological polar surface area (TPSA) is 324 Å². The van der Waals surface area contributed by atoms with Gasteiger partial charge in [0.1, 0.15) is 12.5 Å². The number of anilines is 2. The van der Waals surface area contributed by atoms with Crippen LogP contribution < -0.4 is 128 Å². The fourth-order valence-electron chi connectivity index (χ4n) is 7.71. The summed E-state index contributed by atoms with van der Waals surface area (Å²) in [6.07, 6.45) is 37.9. The van der Waals surface area contributed by atoms with E-state index in [-0.39, 0.29) is 0 Å². The summed E-state index contributed by atoms with van der Waals surface area (Å²) in [5, 5.41) is 81.5. The lowest BCUT2D eigenvalue weighted by Crippen LogP contribution is -2.37. The van der Waals surface area contributed by atoms with E-state index in [2.05, 4.69) is 262 Å². The molecule has 2 heterocycles. The summed E-state index contributed by atoms with van der Waals surface area (Å²) in [4.78, 5) is 8.03. The second-order valence-electron chi connectivity index (χ2n) is 28.4. The van der Waals surface area contributed by atoms with Crippen LogP contribution in [-0.4, -0.2) is 217 Å². The molecular weight excluding hydrogens is 1870 g/mol. The van der Waals surface area contributed by atoms with Crippen molar-refractivity contribution in [1.82, 2.24) is 127 Å². The van der Waals surface area contributed by atoms with Gasteiger partial charge in [-0.25, -0.2) is 4.98 Å². The molecule has 0 aliphatic rings. The molecule has 0 amide bonds. The van der Waals surface area contributed by atoms with E-state index in [1.54, 1.807) is 30.9 Å². The molecule has 0 radical (unpaired) electrons. The number of nitrogens with zero attached hydrogens (tertiary/aromatic N) is 2. The Labute approximate surface area is 865 Å². The molecule has 0 saturated carbocycles. The van der Waals surface area contributed by atoms with Crippen molar-refractivity contribution in [2.75, 3.05) is 156 Å². The summed E-state index contributed by atoms with van der Waals surface area (Å²) < 4.78 is 5.07. The highest BCUT2D eigenvalue weighted by Gasteiger charge is 2.01. The van der Waals surface area contributed by atoms with E-state index in [1.807, 2.05) is 65.3 Å². The van der Waals surface area contributed by atoms with Gasteiger partial charge in [0, 0.05) is 163 Å². The van der Waals surface area contributed by atoms with Crippen molar-refractivity contribution in [1.29, 1.82) is 0 Å². The smallest absolute Gasteiger partial charge is 0.171 e. The molecule has 2 rings (SSSR count). The van der Waals surface area contributed by atoms with Crippen molar-refractivity contribution < 1.29 is 4.74 Å². The number of unbranched alkanes of at least 4 members (excludes halogenated alkanes) is 11. The standard InChI is InChI=1S/2C10H15N3S.2C9H20N2S.C8H18N2OS.C8H18N2S.C8H16N2S.C7H16N2S.C7H14N2S.C6H14N2S.2C5H12N2S/c1-2-3-6-12-10(14)13-9-4-7-11-8-5-9;1-2-3-7-12-10(14)13-9-6-4-5-8-11-9;1-4-5-6-10-9(12)11-7-8(2)3;1-3-5-7-10-9(12)11-8-6-4-2;1-3-5-6-9-8(12)10-7-11-4-2;2*1-3-5-7-10-8(11)9-6-4-2;2*1-3-5-6-9-7(10)8-4-2;1-3-4-5-8-6(9)7-2;2*1-3-4-7-5(8)6-2/h4-5,7-8H,2-3,6H2,1H3,(H2,11,12,13,14);4-6,8H,2-3,7H2,1H3,(H2,11,12,13,14);8H,4-7H2,1-3H3,(H2,10,11,12);3-8H2,1-2H3,(H2,10,11,12);3-7H2,1-2H3,(H2,9,10,12);3-7H2,1-2H3,(H2,9,10,11);4H,2-3,5-7H2,1H3,(H2,9,10,11);3-6H2,1-2H3,(H2,8,9,10);4H,2-3,5-6H2,1H3,(H2,8,9,10);3-5H2,1-2H3,(H2,7,8,9);2*3-4H2,1-2H3,(H2,6,7,8). The molecule has 2 aromatic heterocycles. The van der Waals surface area contributed by atoms with Crippen molar-refractivity contribution in [3.05, 3.63) is 74.4 Å². The fourth-order valence-corrected chi connectivity index (χ4v) is 9.82. The monoisotopic (exact) mass is 2060 g/mol. The Balaban J connectivity index is -0.000000153. The third-order valence-corrected chi connectivity index (χ3v) is 18.8. The van der Waals surface area contributed by atoms with Crippen molar-refractivity contribution in [3.8, 4) is 0 Å². The third-order valence-electron chi connectivity index (χ3n) is 15.3. The van der Waals surface area contributed by atoms with Gasteiger partial charge in [-0.15, -0.1) is 6.58 Å². The highest BCUT2D eigenvalue weighted by atomic mass is 32.1. The molecule has 0 bridgehead atoms. The highest BCUT2D eigenvalue weighted by molar-refractivity contribution is 7.82. The molecule has 0 spiro atoms. The van der Waals surface area contributed by atoms with Crippen LogP contribution >= 0.6 is 147 Å². The van der Waals surface area contributed by atoms with Crippen molar-refractivity contribution in [3.63, 3.8) is 0 Å². The first-order valence-electron chi connectivity index (χ1n) is 47.8. The van der Waals surface area contributed by atoms with Gasteiger partial charge in [-0.05, 0) is 287 Å². The molecule has 0 unspecified atom stereocenters. The van der Waals surface area contributed by atoms with Gasteiger partial charge in [0.2, 0.25) is 0 Å². The Morgan fingerprint density at radius 1 is 0.313 bits per heavy atom. The number of ether oxygens (including phenoxy) is 1. The van der Waals surface area contributed by atoms with Crippen molar-refractivity contribution in [2.45, 2.75) is 285 Å². The quantitative estimate of drug-likeness (QED) is 0.0127. The molecule has 39 heteroatoms. The van der Waals surface area contributed by atoms with Crippen LogP contribution in [0.1, 0.15) is 285 Å². The fraction of sp³-hybridized carbons (Fsp3) is 0.717. The van der Waals surface area contributed by atoms with Crippen LogP contribution in [0.15, 0.2) is 74.4 Å². The molecule has 0 fully saturated rings. The van der Waals surface area contributed by atoms with Crippen LogP contribution in [-0.2, 0) is 4.74 Å². The second-order valence-corrected chi connectivity index (χ2v) is 33.3. The lowest BCUT2D eigenvalue weighted by atomic mass is 10.2. The van der Waals surface area contributed by atoms with Gasteiger partial charge in [-0.2, -0.15) is 0 Å². The minimum Gasteiger partial charge on any atom is -0.366 e. The van der Waals surface area contributed by atoms with Gasteiger partial charge in [0.15, 0.2) is 61.3 Å². The van der Waals surface area contributed by atoms with Crippen molar-refractivity contribution >= 4 is 219 Å². The Hall–Kier alpha value is -5.98. The third kappa shape index (κ3) is 150. The largest absolute Gasteiger partial charge is 0.366 e. The van der Waals surface area contributed by atoms with Gasteiger partial charge < -0.3 is 132 Å². The van der Waals surface area contributed by atoms with Gasteiger partial charge in [0.05, 0.1) is 0 Å². The maximum absolute atomic E-state index is 5.11. The van der Waals surface area contributed by atoms with Crippen LogP contribution in [0.3, 0.4) is 0 Å². The summed E-state index contributed by atoms with van der Waals surface area (Å²) in [7, 11) is 5.44. The normalized spacial score (nSPS) is 9.15. The second kappa shape index (κ2) is 130. The lowest BCUT2D eigenvalue weighted by molar-refractivity contribution is 0.142. The first kappa shape index (κ1) is 145. The summed E-state index contributed by atoms with van der Waals surface area (Å²) in [6, 6.07) is 9.44.